The summed E-state index contributed by atoms with van der Waals surface area (Å²) in [6, 6.07) is 5.29. The smallest absolute Gasteiger partial charge is 0.123 e. The normalized spacial score (nSPS) is 13.8. The fourth-order valence-electron chi connectivity index (χ4n) is 2.05. The van der Waals surface area contributed by atoms with Crippen LogP contribution in [-0.2, 0) is 6.42 Å². The molecule has 0 amide bonds. The van der Waals surface area contributed by atoms with Crippen LogP contribution in [0.25, 0.3) is 0 Å². The van der Waals surface area contributed by atoms with E-state index in [1.807, 2.05) is 7.05 Å². The van der Waals surface area contributed by atoms with Crippen molar-refractivity contribution in [1.29, 1.82) is 0 Å². The van der Waals surface area contributed by atoms with Gasteiger partial charge in [-0.25, -0.2) is 4.39 Å². The van der Waals surface area contributed by atoms with Crippen LogP contribution in [0.3, 0.4) is 0 Å². The molecule has 96 valence electrons. The number of hydrogen-bond donors (Lipinski definition) is 1. The summed E-state index contributed by atoms with van der Waals surface area (Å²) in [5.41, 5.74) is 1.25. The molecule has 0 saturated carbocycles. The van der Waals surface area contributed by atoms with Crippen molar-refractivity contribution in [1.82, 2.24) is 5.32 Å². The van der Waals surface area contributed by atoms with Crippen molar-refractivity contribution in [3.63, 3.8) is 0 Å². The molecule has 17 heavy (non-hydrogen) atoms. The van der Waals surface area contributed by atoms with E-state index in [0.717, 1.165) is 22.9 Å². The molecule has 1 aromatic rings. The first-order valence-corrected chi connectivity index (χ1v) is 6.75. The Balaban J connectivity index is 2.69. The van der Waals surface area contributed by atoms with E-state index in [2.05, 4.69) is 42.0 Å². The van der Waals surface area contributed by atoms with Gasteiger partial charge in [0.2, 0.25) is 0 Å². The fourth-order valence-corrected chi connectivity index (χ4v) is 2.49. The van der Waals surface area contributed by atoms with Crippen LogP contribution >= 0.6 is 15.9 Å². The Morgan fingerprint density at radius 1 is 1.35 bits per heavy atom. The summed E-state index contributed by atoms with van der Waals surface area (Å²) < 4.78 is 14.1. The molecule has 0 heterocycles. The van der Waals surface area contributed by atoms with E-state index in [-0.39, 0.29) is 11.2 Å². The van der Waals surface area contributed by atoms with Gasteiger partial charge in [0, 0.05) is 10.5 Å². The molecule has 0 bridgehead atoms. The van der Waals surface area contributed by atoms with Gasteiger partial charge in [0.1, 0.15) is 5.82 Å². The number of benzene rings is 1. The third-order valence-electron chi connectivity index (χ3n) is 3.10. The summed E-state index contributed by atoms with van der Waals surface area (Å²) in [7, 11) is 1.98. The van der Waals surface area contributed by atoms with E-state index >= 15 is 0 Å². The van der Waals surface area contributed by atoms with Gasteiger partial charge in [-0.05, 0) is 49.1 Å². The summed E-state index contributed by atoms with van der Waals surface area (Å²) in [6.07, 6.45) is 1.88. The number of rotatable bonds is 4. The zero-order valence-corrected chi connectivity index (χ0v) is 12.6. The van der Waals surface area contributed by atoms with Gasteiger partial charge in [-0.3, -0.25) is 0 Å². The Morgan fingerprint density at radius 3 is 2.53 bits per heavy atom. The van der Waals surface area contributed by atoms with Gasteiger partial charge in [-0.15, -0.1) is 0 Å². The van der Waals surface area contributed by atoms with Crippen LogP contribution in [-0.4, -0.2) is 13.1 Å². The molecule has 0 spiro atoms. The minimum atomic E-state index is -0.167. The van der Waals surface area contributed by atoms with Crippen LogP contribution in [0.1, 0.15) is 32.8 Å². The van der Waals surface area contributed by atoms with Crippen molar-refractivity contribution in [3.05, 3.63) is 34.1 Å². The van der Waals surface area contributed by atoms with Gasteiger partial charge in [0.25, 0.3) is 0 Å². The van der Waals surface area contributed by atoms with Gasteiger partial charge in [0.05, 0.1) is 0 Å². The number of hydrogen-bond acceptors (Lipinski definition) is 1. The monoisotopic (exact) mass is 301 g/mol. The van der Waals surface area contributed by atoms with Crippen LogP contribution in [0.2, 0.25) is 0 Å². The van der Waals surface area contributed by atoms with E-state index in [1.54, 1.807) is 12.1 Å². The molecule has 1 nitrogen and oxygen atoms in total. The largest absolute Gasteiger partial charge is 0.316 e. The molecule has 1 unspecified atom stereocenters. The first-order valence-electron chi connectivity index (χ1n) is 5.96. The lowest BCUT2D eigenvalue weighted by atomic mass is 9.83. The third-order valence-corrected chi connectivity index (χ3v) is 3.88. The predicted octanol–water partition coefficient (Wildman–Crippen LogP) is 4.15. The number of halogens is 2. The summed E-state index contributed by atoms with van der Waals surface area (Å²) in [4.78, 5) is 0. The number of aryl methyl sites for hydroxylation is 1. The minimum absolute atomic E-state index is 0.167. The molecule has 1 aromatic carbocycles. The van der Waals surface area contributed by atoms with E-state index < -0.39 is 0 Å². The highest BCUT2D eigenvalue weighted by Gasteiger charge is 2.22. The molecule has 0 aliphatic heterocycles. The first-order chi connectivity index (χ1) is 7.84. The maximum Gasteiger partial charge on any atom is 0.123 e. The fraction of sp³-hybridized carbons (Fsp3) is 0.571. The highest BCUT2D eigenvalue weighted by atomic mass is 79.9. The van der Waals surface area contributed by atoms with Gasteiger partial charge in [0.15, 0.2) is 0 Å². The van der Waals surface area contributed by atoms with Crippen LogP contribution in [0.15, 0.2) is 22.7 Å². The highest BCUT2D eigenvalue weighted by Crippen LogP contribution is 2.25. The SMILES string of the molecule is CNC(CCc1cc(F)ccc1Br)C(C)(C)C. The quantitative estimate of drug-likeness (QED) is 0.881. The maximum atomic E-state index is 13.2. The molecule has 0 saturated heterocycles. The van der Waals surface area contributed by atoms with Crippen molar-refractivity contribution in [2.24, 2.45) is 5.41 Å². The Bertz CT molecular complexity index is 371. The lowest BCUT2D eigenvalue weighted by Gasteiger charge is -2.30. The van der Waals surface area contributed by atoms with Crippen molar-refractivity contribution in [3.8, 4) is 0 Å². The van der Waals surface area contributed by atoms with Crippen molar-refractivity contribution in [2.45, 2.75) is 39.7 Å². The van der Waals surface area contributed by atoms with Crippen molar-refractivity contribution >= 4 is 15.9 Å². The van der Waals surface area contributed by atoms with Crippen molar-refractivity contribution in [2.75, 3.05) is 7.05 Å². The highest BCUT2D eigenvalue weighted by molar-refractivity contribution is 9.10. The molecule has 0 aromatic heterocycles. The third kappa shape index (κ3) is 4.40. The summed E-state index contributed by atoms with van der Waals surface area (Å²) >= 11 is 3.47. The first kappa shape index (κ1) is 14.7. The van der Waals surface area contributed by atoms with Gasteiger partial charge in [-0.2, -0.15) is 0 Å². The van der Waals surface area contributed by atoms with Crippen LogP contribution in [0, 0.1) is 11.2 Å². The zero-order chi connectivity index (χ0) is 13.1. The summed E-state index contributed by atoms with van der Waals surface area (Å²) in [5, 5.41) is 3.34. The van der Waals surface area contributed by atoms with Crippen LogP contribution in [0.4, 0.5) is 4.39 Å². The maximum absolute atomic E-state index is 13.2. The van der Waals surface area contributed by atoms with Crippen molar-refractivity contribution < 1.29 is 4.39 Å². The predicted molar refractivity (Wildman–Crippen MR) is 74.7 cm³/mol. The molecule has 1 atom stereocenters. The molecular weight excluding hydrogens is 281 g/mol. The van der Waals surface area contributed by atoms with Crippen LogP contribution < -0.4 is 5.32 Å². The van der Waals surface area contributed by atoms with E-state index in [4.69, 9.17) is 0 Å². The zero-order valence-electron chi connectivity index (χ0n) is 11.0. The summed E-state index contributed by atoms with van der Waals surface area (Å²) in [6.45, 7) is 6.65. The van der Waals surface area contributed by atoms with Crippen LogP contribution in [0.5, 0.6) is 0 Å². The molecular formula is C14H21BrFN. The molecule has 3 heteroatoms. The van der Waals surface area contributed by atoms with Gasteiger partial charge >= 0.3 is 0 Å². The van der Waals surface area contributed by atoms with E-state index in [0.29, 0.717) is 6.04 Å². The Labute approximate surface area is 112 Å². The molecule has 0 aliphatic rings. The average molecular weight is 302 g/mol. The molecule has 1 N–H and O–H groups in total. The standard InChI is InChI=1S/C14H21BrFN/c1-14(2,3)13(17-4)8-5-10-9-11(16)6-7-12(10)15/h6-7,9,13,17H,5,8H2,1-4H3. The second-order valence-corrected chi connectivity index (χ2v) is 6.34. The molecule has 0 radical (unpaired) electrons. The topological polar surface area (TPSA) is 12.0 Å². The van der Waals surface area contributed by atoms with E-state index in [1.165, 1.54) is 6.07 Å². The Morgan fingerprint density at radius 2 is 2.00 bits per heavy atom. The molecule has 0 aliphatic carbocycles. The summed E-state index contributed by atoms with van der Waals surface area (Å²) in [5.74, 6) is -0.167. The Hall–Kier alpha value is -0.410. The number of nitrogens with one attached hydrogen (secondary N) is 1. The second kappa shape index (κ2) is 5.96. The minimum Gasteiger partial charge on any atom is -0.316 e. The van der Waals surface area contributed by atoms with Gasteiger partial charge < -0.3 is 5.32 Å². The average Bonchev–Trinajstić information content (AvgIpc) is 2.22. The lowest BCUT2D eigenvalue weighted by Crippen LogP contribution is -2.38. The van der Waals surface area contributed by atoms with Gasteiger partial charge in [-0.1, -0.05) is 36.7 Å². The second-order valence-electron chi connectivity index (χ2n) is 5.48. The van der Waals surface area contributed by atoms with E-state index in [9.17, 15) is 4.39 Å². The lowest BCUT2D eigenvalue weighted by molar-refractivity contribution is 0.268. The molecule has 1 rings (SSSR count). The molecule has 0 fully saturated rings. The Kier molecular flexibility index (Phi) is 5.14.